The summed E-state index contributed by atoms with van der Waals surface area (Å²) >= 11 is 4.46. The molecule has 0 N–H and O–H groups in total. The first-order valence-electron chi connectivity index (χ1n) is 3.32. The first-order chi connectivity index (χ1) is 6.75. The molecule has 0 spiro atoms. The van der Waals surface area contributed by atoms with Crippen LogP contribution in [0.2, 0.25) is 0 Å². The van der Waals surface area contributed by atoms with Gasteiger partial charge in [-0.1, -0.05) is 0 Å². The van der Waals surface area contributed by atoms with Crippen LogP contribution in [0.4, 0.5) is 8.78 Å². The zero-order chi connectivity index (χ0) is 11.8. The average molecular weight is 432 g/mol. The van der Waals surface area contributed by atoms with Crippen LogP contribution in [-0.2, 0) is 9.05 Å². The van der Waals surface area contributed by atoms with Crippen LogP contribution in [0.5, 0.6) is 0 Å². The second kappa shape index (κ2) is 4.76. The number of halogens is 5. The van der Waals surface area contributed by atoms with Gasteiger partial charge in [0.2, 0.25) is 0 Å². The lowest BCUT2D eigenvalue weighted by molar-refractivity contribution is 0.145. The van der Waals surface area contributed by atoms with E-state index in [0.717, 1.165) is 6.20 Å². The Balaban J connectivity index is 3.48. The van der Waals surface area contributed by atoms with E-state index in [1.54, 1.807) is 22.6 Å². The van der Waals surface area contributed by atoms with E-state index in [9.17, 15) is 17.2 Å². The van der Waals surface area contributed by atoms with Gasteiger partial charge >= 0.3 is 0 Å². The fourth-order valence-corrected chi connectivity index (χ4v) is 3.93. The number of hydrogen-bond acceptors (Lipinski definition) is 3. The molecule has 0 radical (unpaired) electrons. The van der Waals surface area contributed by atoms with Crippen LogP contribution in [0.3, 0.4) is 0 Å². The van der Waals surface area contributed by atoms with Crippen LogP contribution in [0.25, 0.3) is 0 Å². The van der Waals surface area contributed by atoms with Crippen LogP contribution in [0.15, 0.2) is 15.6 Å². The van der Waals surface area contributed by atoms with Gasteiger partial charge < -0.3 is 0 Å². The third kappa shape index (κ3) is 2.98. The highest BCUT2D eigenvalue weighted by atomic mass is 127. The Bertz CT molecular complexity index is 496. The van der Waals surface area contributed by atoms with E-state index in [2.05, 4.69) is 20.9 Å². The summed E-state index contributed by atoms with van der Waals surface area (Å²) in [7, 11) is 1.12. The molecule has 0 atom stereocenters. The minimum Gasteiger partial charge on any atom is -0.253 e. The van der Waals surface area contributed by atoms with Gasteiger partial charge in [-0.3, -0.25) is 4.98 Å². The number of rotatable bonds is 2. The molecule has 0 aliphatic rings. The van der Waals surface area contributed by atoms with E-state index in [1.165, 1.54) is 0 Å². The first kappa shape index (κ1) is 13.5. The van der Waals surface area contributed by atoms with Gasteiger partial charge in [0.1, 0.15) is 10.6 Å². The Hall–Kier alpha value is 0.460. The molecule has 3 nitrogen and oxygen atoms in total. The highest BCUT2D eigenvalue weighted by Crippen LogP contribution is 2.33. The van der Waals surface area contributed by atoms with Crippen molar-refractivity contribution in [3.63, 3.8) is 0 Å². The minimum atomic E-state index is -3.97. The minimum absolute atomic E-state index is 0.0557. The quantitative estimate of drug-likeness (QED) is 0.532. The maximum Gasteiger partial charge on any atom is 0.281 e. The van der Waals surface area contributed by atoms with Crippen molar-refractivity contribution in [2.75, 3.05) is 0 Å². The summed E-state index contributed by atoms with van der Waals surface area (Å²) in [5, 5.41) is 0. The molecule has 0 bridgehead atoms. The van der Waals surface area contributed by atoms with Gasteiger partial charge in [0, 0.05) is 16.9 Å². The van der Waals surface area contributed by atoms with Crippen molar-refractivity contribution < 1.29 is 17.2 Å². The van der Waals surface area contributed by atoms with Crippen molar-refractivity contribution in [1.82, 2.24) is 4.98 Å². The van der Waals surface area contributed by atoms with Crippen molar-refractivity contribution in [1.29, 1.82) is 0 Å². The van der Waals surface area contributed by atoms with Crippen molar-refractivity contribution in [3.05, 3.63) is 19.9 Å². The summed E-state index contributed by atoms with van der Waals surface area (Å²) in [5.74, 6) is 0. The second-order valence-electron chi connectivity index (χ2n) is 2.37. The van der Waals surface area contributed by atoms with Gasteiger partial charge in [-0.2, -0.15) is 0 Å². The van der Waals surface area contributed by atoms with Crippen LogP contribution < -0.4 is 0 Å². The number of nitrogens with zero attached hydrogens (tertiary/aromatic N) is 1. The number of pyridine rings is 1. The summed E-state index contributed by atoms with van der Waals surface area (Å²) < 4.78 is 46.7. The Morgan fingerprint density at radius 3 is 2.47 bits per heavy atom. The molecular weight excluding hydrogens is 430 g/mol. The Kier molecular flexibility index (Phi) is 4.29. The monoisotopic (exact) mass is 431 g/mol. The molecule has 0 aliphatic heterocycles. The normalized spacial score (nSPS) is 12.1. The maximum absolute atomic E-state index is 12.4. The molecule has 9 heteroatoms. The zero-order valence-electron chi connectivity index (χ0n) is 6.72. The molecule has 0 aromatic carbocycles. The van der Waals surface area contributed by atoms with Gasteiger partial charge in [-0.25, -0.2) is 17.2 Å². The zero-order valence-corrected chi connectivity index (χ0v) is 12.0. The predicted molar refractivity (Wildman–Crippen MR) is 62.6 cm³/mol. The average Bonchev–Trinajstić information content (AvgIpc) is 2.06. The standard InChI is InChI=1S/C6H2BrClF2INO2S/c7-3-4(11)2(15(8,13)14)1-12-5(3)6(9)10/h1,6H. The molecule has 0 unspecified atom stereocenters. The van der Waals surface area contributed by atoms with Gasteiger partial charge in [0.15, 0.2) is 0 Å². The molecule has 0 saturated heterocycles. The van der Waals surface area contributed by atoms with E-state index in [-0.39, 0.29) is 12.9 Å². The first-order valence-corrected chi connectivity index (χ1v) is 7.50. The van der Waals surface area contributed by atoms with E-state index < -0.39 is 21.2 Å². The summed E-state index contributed by atoms with van der Waals surface area (Å²) in [5.41, 5.74) is -0.511. The topological polar surface area (TPSA) is 47.0 Å². The van der Waals surface area contributed by atoms with Crippen molar-refractivity contribution in [2.24, 2.45) is 0 Å². The predicted octanol–water partition coefficient (Wildman–Crippen LogP) is 3.31. The third-order valence-electron chi connectivity index (χ3n) is 1.42. The molecule has 0 fully saturated rings. The van der Waals surface area contributed by atoms with Crippen molar-refractivity contribution >= 4 is 58.3 Å². The van der Waals surface area contributed by atoms with Crippen LogP contribution in [-0.4, -0.2) is 13.4 Å². The van der Waals surface area contributed by atoms with Crippen LogP contribution >= 0.6 is 49.2 Å². The molecule has 1 heterocycles. The highest BCUT2D eigenvalue weighted by molar-refractivity contribution is 14.1. The third-order valence-corrected chi connectivity index (χ3v) is 5.79. The molecule has 0 aliphatic carbocycles. The lowest BCUT2D eigenvalue weighted by Gasteiger charge is -2.06. The number of aromatic nitrogens is 1. The molecule has 1 aromatic rings. The number of hydrogen-bond donors (Lipinski definition) is 0. The van der Waals surface area contributed by atoms with Crippen molar-refractivity contribution in [2.45, 2.75) is 11.3 Å². The highest BCUT2D eigenvalue weighted by Gasteiger charge is 2.23. The second-order valence-corrected chi connectivity index (χ2v) is 6.78. The Morgan fingerprint density at radius 2 is 2.07 bits per heavy atom. The lowest BCUT2D eigenvalue weighted by atomic mass is 10.4. The summed E-state index contributed by atoms with van der Waals surface area (Å²) in [6.07, 6.45) is -1.96. The smallest absolute Gasteiger partial charge is 0.253 e. The van der Waals surface area contributed by atoms with Gasteiger partial charge in [0.05, 0.1) is 8.04 Å². The van der Waals surface area contributed by atoms with Gasteiger partial charge in [-0.15, -0.1) is 0 Å². The SMILES string of the molecule is O=S(=O)(Cl)c1cnc(C(F)F)c(Br)c1I. The largest absolute Gasteiger partial charge is 0.281 e. The molecular formula is C6H2BrClF2INO2S. The van der Waals surface area contributed by atoms with E-state index in [0.29, 0.717) is 0 Å². The fraction of sp³-hybridized carbons (Fsp3) is 0.167. The molecule has 15 heavy (non-hydrogen) atoms. The molecule has 84 valence electrons. The van der Waals surface area contributed by atoms with Crippen molar-refractivity contribution in [3.8, 4) is 0 Å². The Morgan fingerprint density at radius 1 is 1.53 bits per heavy atom. The van der Waals surface area contributed by atoms with Crippen LogP contribution in [0.1, 0.15) is 12.1 Å². The van der Waals surface area contributed by atoms with E-state index in [4.69, 9.17) is 10.7 Å². The molecule has 0 amide bonds. The van der Waals surface area contributed by atoms with E-state index >= 15 is 0 Å². The molecule has 1 aromatic heterocycles. The lowest BCUT2D eigenvalue weighted by Crippen LogP contribution is -2.01. The van der Waals surface area contributed by atoms with E-state index in [1.807, 2.05) is 0 Å². The van der Waals surface area contributed by atoms with Gasteiger partial charge in [0.25, 0.3) is 15.5 Å². The maximum atomic E-state index is 12.4. The van der Waals surface area contributed by atoms with Gasteiger partial charge in [-0.05, 0) is 38.5 Å². The summed E-state index contributed by atoms with van der Waals surface area (Å²) in [6.45, 7) is 0. The van der Waals surface area contributed by atoms with Crippen LogP contribution in [0, 0.1) is 3.57 Å². The fourth-order valence-electron chi connectivity index (χ4n) is 0.784. The molecule has 1 rings (SSSR count). The molecule has 0 saturated carbocycles. The Labute approximate surface area is 111 Å². The number of alkyl halides is 2. The summed E-state index contributed by atoms with van der Waals surface area (Å²) in [4.78, 5) is 3.05. The summed E-state index contributed by atoms with van der Waals surface area (Å²) in [6, 6.07) is 0.